The fraction of sp³-hybridized carbons (Fsp3) is 0.448. The molecule has 1 fully saturated rings. The molecule has 2 atom stereocenters. The summed E-state index contributed by atoms with van der Waals surface area (Å²) in [5.74, 6) is -2.08. The Bertz CT molecular complexity index is 1130. The largest absolute Gasteiger partial charge is 0.384 e. The SMILES string of the molecule is CN(C)C(=O)C(Cc1ccc(C(=N)N)cc1)C(=O)NC(C(=O)NCc1cccc(CN)c1)C1CCCCC1. The number of hydrogen-bond acceptors (Lipinski definition) is 5. The Morgan fingerprint density at radius 2 is 1.63 bits per heavy atom. The maximum atomic E-state index is 13.6. The number of benzene rings is 2. The molecule has 38 heavy (non-hydrogen) atoms. The molecule has 3 rings (SSSR count). The van der Waals surface area contributed by atoms with Gasteiger partial charge in [0.25, 0.3) is 0 Å². The molecule has 0 saturated heterocycles. The molecular weight excluding hydrogens is 480 g/mol. The molecule has 9 heteroatoms. The number of amidine groups is 1. The number of carbonyl (C=O) groups excluding carboxylic acids is 3. The molecule has 204 valence electrons. The predicted octanol–water partition coefficient (Wildman–Crippen LogP) is 2.06. The highest BCUT2D eigenvalue weighted by atomic mass is 16.2. The van der Waals surface area contributed by atoms with Crippen molar-refractivity contribution in [1.29, 1.82) is 5.41 Å². The zero-order valence-corrected chi connectivity index (χ0v) is 22.3. The summed E-state index contributed by atoms with van der Waals surface area (Å²) in [4.78, 5) is 41.5. The van der Waals surface area contributed by atoms with E-state index in [2.05, 4.69) is 10.6 Å². The molecule has 3 amide bonds. The van der Waals surface area contributed by atoms with Gasteiger partial charge in [0, 0.05) is 32.7 Å². The van der Waals surface area contributed by atoms with E-state index < -0.39 is 17.9 Å². The van der Waals surface area contributed by atoms with Crippen LogP contribution in [0.3, 0.4) is 0 Å². The van der Waals surface area contributed by atoms with Crippen LogP contribution in [-0.2, 0) is 33.9 Å². The van der Waals surface area contributed by atoms with Crippen molar-refractivity contribution in [2.75, 3.05) is 14.1 Å². The monoisotopic (exact) mass is 520 g/mol. The number of hydrogen-bond donors (Lipinski definition) is 5. The topological polar surface area (TPSA) is 154 Å². The highest BCUT2D eigenvalue weighted by molar-refractivity contribution is 6.02. The van der Waals surface area contributed by atoms with Gasteiger partial charge in [-0.1, -0.05) is 67.8 Å². The Kier molecular flexibility index (Phi) is 10.4. The minimum Gasteiger partial charge on any atom is -0.384 e. The van der Waals surface area contributed by atoms with E-state index in [4.69, 9.17) is 16.9 Å². The molecule has 2 aromatic carbocycles. The molecule has 0 heterocycles. The molecule has 2 unspecified atom stereocenters. The van der Waals surface area contributed by atoms with E-state index >= 15 is 0 Å². The van der Waals surface area contributed by atoms with Crippen LogP contribution >= 0.6 is 0 Å². The van der Waals surface area contributed by atoms with Crippen LogP contribution in [0.2, 0.25) is 0 Å². The molecule has 9 nitrogen and oxygen atoms in total. The molecule has 0 bridgehead atoms. The second kappa shape index (κ2) is 13.7. The van der Waals surface area contributed by atoms with Crippen molar-refractivity contribution >= 4 is 23.6 Å². The standard InChI is InChI=1S/C29H40N6O3/c1-35(2)29(38)24(16-19-11-13-23(14-12-19)26(31)32)27(36)34-25(22-9-4-3-5-10-22)28(37)33-18-21-8-6-7-20(15-21)17-30/h6-8,11-15,22,24-25H,3-5,9-10,16-18,30H2,1-2H3,(H3,31,32)(H,33,37)(H,34,36). The minimum absolute atomic E-state index is 0.00744. The van der Waals surface area contributed by atoms with Crippen LogP contribution in [-0.4, -0.2) is 48.6 Å². The van der Waals surface area contributed by atoms with Crippen LogP contribution in [0.25, 0.3) is 0 Å². The van der Waals surface area contributed by atoms with Gasteiger partial charge in [-0.15, -0.1) is 0 Å². The lowest BCUT2D eigenvalue weighted by Gasteiger charge is -2.31. The van der Waals surface area contributed by atoms with E-state index in [0.29, 0.717) is 18.7 Å². The van der Waals surface area contributed by atoms with Crippen molar-refractivity contribution in [2.24, 2.45) is 23.3 Å². The molecule has 1 saturated carbocycles. The van der Waals surface area contributed by atoms with Crippen molar-refractivity contribution in [3.05, 3.63) is 70.8 Å². The van der Waals surface area contributed by atoms with E-state index in [1.165, 1.54) is 4.90 Å². The number of rotatable bonds is 11. The fourth-order valence-electron chi connectivity index (χ4n) is 4.94. The smallest absolute Gasteiger partial charge is 0.243 e. The number of carbonyl (C=O) groups is 3. The van der Waals surface area contributed by atoms with Crippen molar-refractivity contribution in [2.45, 2.75) is 57.7 Å². The molecule has 0 radical (unpaired) electrons. The number of nitrogens with two attached hydrogens (primary N) is 2. The second-order valence-electron chi connectivity index (χ2n) is 10.2. The molecule has 2 aromatic rings. The highest BCUT2D eigenvalue weighted by Crippen LogP contribution is 2.27. The summed E-state index contributed by atoms with van der Waals surface area (Å²) < 4.78 is 0. The zero-order valence-electron chi connectivity index (χ0n) is 22.3. The van der Waals surface area contributed by atoms with Gasteiger partial charge in [0.1, 0.15) is 17.8 Å². The van der Waals surface area contributed by atoms with Crippen LogP contribution in [0.15, 0.2) is 48.5 Å². The summed E-state index contributed by atoms with van der Waals surface area (Å²) in [6.45, 7) is 0.746. The quantitative estimate of drug-likeness (QED) is 0.174. The maximum absolute atomic E-state index is 13.6. The van der Waals surface area contributed by atoms with Gasteiger partial charge in [0.05, 0.1) is 0 Å². The van der Waals surface area contributed by atoms with Crippen molar-refractivity contribution < 1.29 is 14.4 Å². The third-order valence-electron chi connectivity index (χ3n) is 7.16. The molecule has 7 N–H and O–H groups in total. The van der Waals surface area contributed by atoms with Gasteiger partial charge in [-0.2, -0.15) is 0 Å². The summed E-state index contributed by atoms with van der Waals surface area (Å²) in [5, 5.41) is 13.5. The van der Waals surface area contributed by atoms with E-state index in [0.717, 1.165) is 48.8 Å². The van der Waals surface area contributed by atoms with Gasteiger partial charge >= 0.3 is 0 Å². The van der Waals surface area contributed by atoms with Crippen molar-refractivity contribution in [1.82, 2.24) is 15.5 Å². The maximum Gasteiger partial charge on any atom is 0.243 e. The van der Waals surface area contributed by atoms with Crippen LogP contribution in [0, 0.1) is 17.2 Å². The van der Waals surface area contributed by atoms with Gasteiger partial charge < -0.3 is 27.0 Å². The lowest BCUT2D eigenvalue weighted by molar-refractivity contribution is -0.142. The first-order valence-corrected chi connectivity index (χ1v) is 13.2. The van der Waals surface area contributed by atoms with Crippen molar-refractivity contribution in [3.63, 3.8) is 0 Å². The predicted molar refractivity (Wildman–Crippen MR) is 148 cm³/mol. The lowest BCUT2D eigenvalue weighted by Crippen LogP contribution is -2.54. The number of nitrogen functional groups attached to an aromatic ring is 1. The Hall–Kier alpha value is -3.72. The Labute approximate surface area is 224 Å². The molecule has 1 aliphatic carbocycles. The first-order chi connectivity index (χ1) is 18.2. The minimum atomic E-state index is -0.992. The molecule has 0 spiro atoms. The Morgan fingerprint density at radius 1 is 0.974 bits per heavy atom. The van der Waals surface area contributed by atoms with Crippen LogP contribution in [0.5, 0.6) is 0 Å². The first kappa shape index (κ1) is 28.8. The van der Waals surface area contributed by atoms with Gasteiger partial charge in [-0.05, 0) is 41.9 Å². The lowest BCUT2D eigenvalue weighted by atomic mass is 9.83. The number of amides is 3. The summed E-state index contributed by atoms with van der Waals surface area (Å²) in [7, 11) is 3.23. The van der Waals surface area contributed by atoms with Crippen molar-refractivity contribution in [3.8, 4) is 0 Å². The van der Waals surface area contributed by atoms with E-state index in [1.807, 2.05) is 24.3 Å². The summed E-state index contributed by atoms with van der Waals surface area (Å²) in [5.41, 5.74) is 14.5. The molecule has 0 aromatic heterocycles. The Balaban J connectivity index is 1.78. The molecular formula is C29H40N6O3. The van der Waals surface area contributed by atoms with E-state index in [9.17, 15) is 14.4 Å². The van der Waals surface area contributed by atoms with Gasteiger partial charge in [-0.25, -0.2) is 0 Å². The van der Waals surface area contributed by atoms with E-state index in [1.54, 1.807) is 38.4 Å². The van der Waals surface area contributed by atoms with E-state index in [-0.39, 0.29) is 30.0 Å². The average molecular weight is 521 g/mol. The summed E-state index contributed by atoms with van der Waals surface area (Å²) in [6, 6.07) is 13.9. The van der Waals surface area contributed by atoms with Crippen LogP contribution < -0.4 is 22.1 Å². The number of nitrogens with zero attached hydrogens (tertiary/aromatic N) is 1. The van der Waals surface area contributed by atoms with Crippen LogP contribution in [0.1, 0.15) is 54.4 Å². The zero-order chi connectivity index (χ0) is 27.7. The van der Waals surface area contributed by atoms with Gasteiger partial charge in [0.15, 0.2) is 0 Å². The summed E-state index contributed by atoms with van der Waals surface area (Å²) in [6.07, 6.45) is 4.99. The summed E-state index contributed by atoms with van der Waals surface area (Å²) >= 11 is 0. The first-order valence-electron chi connectivity index (χ1n) is 13.2. The van der Waals surface area contributed by atoms with Gasteiger partial charge in [0.2, 0.25) is 17.7 Å². The third kappa shape index (κ3) is 7.89. The normalized spacial score (nSPS) is 15.2. The second-order valence-corrected chi connectivity index (χ2v) is 10.2. The average Bonchev–Trinajstić information content (AvgIpc) is 2.93. The third-order valence-corrected chi connectivity index (χ3v) is 7.16. The van der Waals surface area contributed by atoms with Crippen LogP contribution in [0.4, 0.5) is 0 Å². The Morgan fingerprint density at radius 3 is 2.24 bits per heavy atom. The highest BCUT2D eigenvalue weighted by Gasteiger charge is 2.35. The van der Waals surface area contributed by atoms with Gasteiger partial charge in [-0.3, -0.25) is 19.8 Å². The molecule has 0 aliphatic heterocycles. The fourth-order valence-corrected chi connectivity index (χ4v) is 4.94. The molecule has 1 aliphatic rings. The number of nitrogens with one attached hydrogen (secondary N) is 3.